The molecule has 0 aliphatic carbocycles. The Hall–Kier alpha value is -4.52. The average Bonchev–Trinajstić information content (AvgIpc) is 2.94. The molecule has 0 aromatic heterocycles. The van der Waals surface area contributed by atoms with E-state index in [1.54, 1.807) is 0 Å². The van der Waals surface area contributed by atoms with Crippen LogP contribution < -0.4 is 19.2 Å². The van der Waals surface area contributed by atoms with Gasteiger partial charge in [0, 0.05) is 11.1 Å². The van der Waals surface area contributed by atoms with E-state index in [0.29, 0.717) is 12.2 Å². The number of carbonyl (C=O) groups is 2. The first kappa shape index (κ1) is 31.7. The van der Waals surface area contributed by atoms with E-state index in [9.17, 15) is 19.8 Å². The van der Waals surface area contributed by atoms with E-state index in [4.69, 9.17) is 0 Å². The Labute approximate surface area is 237 Å². The zero-order valence-corrected chi connectivity index (χ0v) is 23.6. The number of nitrogens with zero attached hydrogens (tertiary/aromatic N) is 2. The van der Waals surface area contributed by atoms with Crippen LogP contribution in [0.5, 0.6) is 0 Å². The molecule has 0 fully saturated rings. The molecular weight excluding hydrogens is 500 g/mol. The highest BCUT2D eigenvalue weighted by atomic mass is 16.4. The molecule has 6 nitrogen and oxygen atoms in total. The predicted molar refractivity (Wildman–Crippen MR) is 160 cm³/mol. The van der Waals surface area contributed by atoms with E-state index in [1.165, 1.54) is 22.5 Å². The topological polar surface area (TPSA) is 80.3 Å². The third-order valence-electron chi connectivity index (χ3n) is 6.11. The van der Waals surface area contributed by atoms with Crippen LogP contribution in [-0.4, -0.2) is 40.1 Å². The minimum absolute atomic E-state index is 0.384. The van der Waals surface area contributed by atoms with Gasteiger partial charge in [0.15, 0.2) is 0 Å². The summed E-state index contributed by atoms with van der Waals surface area (Å²) < 4.78 is 1.76. The van der Waals surface area contributed by atoms with Gasteiger partial charge < -0.3 is 19.8 Å². The lowest BCUT2D eigenvalue weighted by Gasteiger charge is -2.29. The Morgan fingerprint density at radius 2 is 0.750 bits per heavy atom. The van der Waals surface area contributed by atoms with E-state index >= 15 is 0 Å². The number of para-hydroxylation sites is 2. The second kappa shape index (κ2) is 15.8. The molecule has 0 aliphatic rings. The lowest BCUT2D eigenvalue weighted by molar-refractivity contribution is -0.301. The summed E-state index contributed by atoms with van der Waals surface area (Å²) in [6.07, 6.45) is 0.769. The Morgan fingerprint density at radius 3 is 1.00 bits per heavy atom. The zero-order chi connectivity index (χ0) is 29.4. The summed E-state index contributed by atoms with van der Waals surface area (Å²) in [5.41, 5.74) is 5.42. The number of carboxylic acid groups (broad SMARTS) is 2. The first-order valence-electron chi connectivity index (χ1n) is 12.9. The summed E-state index contributed by atoms with van der Waals surface area (Å²) in [6.45, 7) is 2.04. The minimum Gasteiger partial charge on any atom is -0.545 e. The smallest absolute Gasteiger partial charge is 0.132 e. The highest BCUT2D eigenvalue weighted by Crippen LogP contribution is 2.22. The van der Waals surface area contributed by atoms with Gasteiger partial charge in [0.2, 0.25) is 0 Å². The first-order valence-corrected chi connectivity index (χ1v) is 12.9. The van der Waals surface area contributed by atoms with E-state index < -0.39 is 11.9 Å². The normalized spacial score (nSPS) is 11.0. The molecule has 0 unspecified atom stereocenters. The highest BCUT2D eigenvalue weighted by Gasteiger charge is 2.19. The van der Waals surface area contributed by atoms with Crippen molar-refractivity contribution in [2.75, 3.05) is 28.2 Å². The molecule has 0 saturated heterocycles. The van der Waals surface area contributed by atoms with Crippen molar-refractivity contribution >= 4 is 23.3 Å². The molecule has 0 atom stereocenters. The molecule has 6 heteroatoms. The van der Waals surface area contributed by atoms with Crippen LogP contribution in [0.4, 0.5) is 11.4 Å². The van der Waals surface area contributed by atoms with E-state index in [0.717, 1.165) is 22.1 Å². The molecule has 4 aromatic carbocycles. The molecule has 0 bridgehead atoms. The number of carbonyl (C=O) groups excluding carboxylic acids is 2. The molecule has 0 spiro atoms. The Kier molecular flexibility index (Phi) is 12.5. The average molecular weight is 539 g/mol. The van der Waals surface area contributed by atoms with Crippen LogP contribution in [0.1, 0.15) is 11.1 Å². The fraction of sp³-hybridized carbons (Fsp3) is 0.176. The maximum absolute atomic E-state index is 9.41. The molecule has 208 valence electrons. The number of quaternary nitrogens is 2. The van der Waals surface area contributed by atoms with Gasteiger partial charge >= 0.3 is 0 Å². The molecule has 0 radical (unpaired) electrons. The summed E-state index contributed by atoms with van der Waals surface area (Å²) >= 11 is 0. The van der Waals surface area contributed by atoms with Crippen molar-refractivity contribution in [2.24, 2.45) is 0 Å². The van der Waals surface area contributed by atoms with Gasteiger partial charge in [0.05, 0.1) is 40.1 Å². The van der Waals surface area contributed by atoms with Gasteiger partial charge in [-0.25, -0.2) is 0 Å². The minimum atomic E-state index is -1.55. The fourth-order valence-corrected chi connectivity index (χ4v) is 4.06. The molecule has 4 aromatic rings. The summed E-state index contributed by atoms with van der Waals surface area (Å²) in [7, 11) is 8.95. The quantitative estimate of drug-likeness (QED) is 0.251. The van der Waals surface area contributed by atoms with Crippen molar-refractivity contribution in [1.29, 1.82) is 0 Å². The summed E-state index contributed by atoms with van der Waals surface area (Å²) in [6, 6.07) is 42.5. The van der Waals surface area contributed by atoms with Crippen molar-refractivity contribution in [3.05, 3.63) is 145 Å². The number of carboxylic acids is 2. The summed E-state index contributed by atoms with van der Waals surface area (Å²) in [5.74, 6) is -3.09. The van der Waals surface area contributed by atoms with Gasteiger partial charge in [0.1, 0.15) is 24.5 Å². The van der Waals surface area contributed by atoms with Gasteiger partial charge in [-0.2, -0.15) is 0 Å². The van der Waals surface area contributed by atoms with Crippen molar-refractivity contribution in [2.45, 2.75) is 13.1 Å². The van der Waals surface area contributed by atoms with Crippen LogP contribution in [0.2, 0.25) is 0 Å². The molecule has 0 heterocycles. The number of rotatable bonds is 8. The summed E-state index contributed by atoms with van der Waals surface area (Å²) in [5, 5.41) is 18.8. The van der Waals surface area contributed by atoms with Crippen LogP contribution in [0, 0.1) is 0 Å². The number of hydrogen-bond acceptors (Lipinski definition) is 4. The largest absolute Gasteiger partial charge is 0.545 e. The van der Waals surface area contributed by atoms with E-state index in [1.807, 2.05) is 0 Å². The Bertz CT molecular complexity index is 1220. The van der Waals surface area contributed by atoms with Gasteiger partial charge in [-0.05, 0) is 36.4 Å². The predicted octanol–water partition coefficient (Wildman–Crippen LogP) is 3.95. The zero-order valence-electron chi connectivity index (χ0n) is 23.6. The van der Waals surface area contributed by atoms with Crippen LogP contribution in [0.25, 0.3) is 0 Å². The lowest BCUT2D eigenvalue weighted by Crippen LogP contribution is -2.39. The van der Waals surface area contributed by atoms with Crippen molar-refractivity contribution in [3.63, 3.8) is 0 Å². The van der Waals surface area contributed by atoms with Crippen molar-refractivity contribution < 1.29 is 19.8 Å². The maximum atomic E-state index is 9.41. The molecule has 4 rings (SSSR count). The molecule has 40 heavy (non-hydrogen) atoms. The van der Waals surface area contributed by atoms with E-state index in [2.05, 4.69) is 150 Å². The van der Waals surface area contributed by atoms with Gasteiger partial charge in [-0.15, -0.1) is 0 Å². The second-order valence-electron chi connectivity index (χ2n) is 10.3. The molecular formula is C34H38N2O4. The third kappa shape index (κ3) is 11.9. The molecule has 0 amide bonds. The van der Waals surface area contributed by atoms with Gasteiger partial charge in [0.25, 0.3) is 0 Å². The SMILES string of the molecule is C[N+](C)(Cc1ccccc1)c1ccccc1.C[N+](C)(Cc1ccccc1)c1ccccc1.O=C([O-])/C=C/C(=O)[O-]. The van der Waals surface area contributed by atoms with Crippen LogP contribution in [0.15, 0.2) is 133 Å². The van der Waals surface area contributed by atoms with Crippen LogP contribution in [0.3, 0.4) is 0 Å². The molecule has 0 N–H and O–H groups in total. The molecule has 0 saturated carbocycles. The van der Waals surface area contributed by atoms with Crippen LogP contribution in [-0.2, 0) is 22.7 Å². The first-order chi connectivity index (χ1) is 19.0. The third-order valence-corrected chi connectivity index (χ3v) is 6.11. The highest BCUT2D eigenvalue weighted by molar-refractivity contribution is 5.87. The van der Waals surface area contributed by atoms with Crippen molar-refractivity contribution in [1.82, 2.24) is 8.97 Å². The van der Waals surface area contributed by atoms with Gasteiger partial charge in [-0.1, -0.05) is 97.1 Å². The van der Waals surface area contributed by atoms with Gasteiger partial charge in [-0.3, -0.25) is 8.97 Å². The summed E-state index contributed by atoms with van der Waals surface area (Å²) in [4.78, 5) is 18.8. The standard InChI is InChI=1S/2C15H18N.C4H4O4/c2*1-16(2,15-11-7-4-8-12-15)13-14-9-5-3-6-10-14;5-3(6)1-2-4(7)8/h2*3-12H,13H2,1-2H3;1-2H,(H,5,6)(H,7,8)/q2*+1;/p-2/b;;2-1+. The number of benzene rings is 4. The fourth-order valence-electron chi connectivity index (χ4n) is 4.06. The lowest BCUT2D eigenvalue weighted by atomic mass is 10.2. The second-order valence-corrected chi connectivity index (χ2v) is 10.3. The Balaban J connectivity index is 0.000000224. The Morgan fingerprint density at radius 1 is 0.500 bits per heavy atom. The van der Waals surface area contributed by atoms with E-state index in [-0.39, 0.29) is 0 Å². The monoisotopic (exact) mass is 538 g/mol. The van der Waals surface area contributed by atoms with Crippen LogP contribution >= 0.6 is 0 Å². The number of hydrogen-bond donors (Lipinski definition) is 0. The number of aliphatic carboxylic acids is 2. The maximum Gasteiger partial charge on any atom is 0.132 e. The molecule has 0 aliphatic heterocycles. The van der Waals surface area contributed by atoms with Crippen molar-refractivity contribution in [3.8, 4) is 0 Å².